The van der Waals surface area contributed by atoms with Crippen LogP contribution in [-0.2, 0) is 0 Å². The maximum absolute atomic E-state index is 12.3. The van der Waals surface area contributed by atoms with Gasteiger partial charge in [0.05, 0.1) is 17.7 Å². The summed E-state index contributed by atoms with van der Waals surface area (Å²) in [5.41, 5.74) is 6.23. The van der Waals surface area contributed by atoms with Gasteiger partial charge in [0, 0.05) is 17.6 Å². The molecule has 1 unspecified atom stereocenters. The van der Waals surface area contributed by atoms with E-state index in [0.29, 0.717) is 17.7 Å². The molecule has 5 heteroatoms. The van der Waals surface area contributed by atoms with E-state index in [-0.39, 0.29) is 30.5 Å². The average molecular weight is 262 g/mol. The van der Waals surface area contributed by atoms with Crippen LogP contribution in [0.25, 0.3) is 0 Å². The lowest BCUT2D eigenvalue weighted by Gasteiger charge is -2.29. The molecule has 0 aromatic heterocycles. The molecule has 5 nitrogen and oxygen atoms in total. The van der Waals surface area contributed by atoms with E-state index in [2.05, 4.69) is 0 Å². The van der Waals surface area contributed by atoms with E-state index in [0.717, 1.165) is 0 Å². The van der Waals surface area contributed by atoms with E-state index in [4.69, 9.17) is 5.73 Å². The topological polar surface area (TPSA) is 83.6 Å². The van der Waals surface area contributed by atoms with Crippen molar-refractivity contribution in [3.05, 3.63) is 29.3 Å². The zero-order valence-corrected chi connectivity index (χ0v) is 11.1. The van der Waals surface area contributed by atoms with Gasteiger partial charge in [-0.1, -0.05) is 19.9 Å². The third-order valence-electron chi connectivity index (χ3n) is 3.81. The third-order valence-corrected chi connectivity index (χ3v) is 3.81. The van der Waals surface area contributed by atoms with Gasteiger partial charge in [-0.05, 0) is 18.6 Å². The molecule has 2 amide bonds. The summed E-state index contributed by atoms with van der Waals surface area (Å²) in [5.74, 6) is -0.702. The molecule has 2 rings (SSSR count). The second-order valence-corrected chi connectivity index (χ2v) is 5.29. The lowest BCUT2D eigenvalue weighted by Crippen LogP contribution is -2.41. The largest absolute Gasteiger partial charge is 0.398 e. The second kappa shape index (κ2) is 4.66. The van der Waals surface area contributed by atoms with Crippen LogP contribution in [0, 0.1) is 5.41 Å². The van der Waals surface area contributed by atoms with Crippen molar-refractivity contribution in [2.75, 3.05) is 18.9 Å². The lowest BCUT2D eigenvalue weighted by atomic mass is 9.88. The van der Waals surface area contributed by atoms with Crippen molar-refractivity contribution in [1.29, 1.82) is 0 Å². The number of aliphatic hydroxyl groups is 1. The highest BCUT2D eigenvalue weighted by Gasteiger charge is 2.40. The molecule has 0 aliphatic carbocycles. The van der Waals surface area contributed by atoms with Crippen molar-refractivity contribution in [2.24, 2.45) is 5.41 Å². The number of anilines is 1. The Morgan fingerprint density at radius 3 is 2.53 bits per heavy atom. The minimum absolute atomic E-state index is 0.0770. The fraction of sp³-hybridized carbons (Fsp3) is 0.429. The Kier molecular flexibility index (Phi) is 3.32. The third kappa shape index (κ3) is 2.10. The van der Waals surface area contributed by atoms with E-state index in [1.165, 1.54) is 4.90 Å². The number of nitrogens with zero attached hydrogens (tertiary/aromatic N) is 1. The zero-order chi connectivity index (χ0) is 14.2. The summed E-state index contributed by atoms with van der Waals surface area (Å²) in [6.07, 6.45) is 0.673. The highest BCUT2D eigenvalue weighted by molar-refractivity contribution is 6.23. The molecule has 3 N–H and O–H groups in total. The van der Waals surface area contributed by atoms with Gasteiger partial charge in [0.1, 0.15) is 0 Å². The number of nitrogen functional groups attached to an aromatic ring is 1. The number of carbonyl (C=O) groups is 2. The van der Waals surface area contributed by atoms with Crippen LogP contribution in [0.4, 0.5) is 5.69 Å². The van der Waals surface area contributed by atoms with Gasteiger partial charge in [-0.2, -0.15) is 0 Å². The van der Waals surface area contributed by atoms with Gasteiger partial charge in [0.15, 0.2) is 0 Å². The van der Waals surface area contributed by atoms with Gasteiger partial charge in [0.2, 0.25) is 0 Å². The molecule has 1 aromatic carbocycles. The molecule has 1 aromatic rings. The number of rotatable bonds is 4. The van der Waals surface area contributed by atoms with Crippen molar-refractivity contribution in [1.82, 2.24) is 4.90 Å². The quantitative estimate of drug-likeness (QED) is 0.632. The fourth-order valence-electron chi connectivity index (χ4n) is 2.16. The number of carbonyl (C=O) groups excluding carboxylic acids is 2. The Balaban J connectivity index is 2.36. The van der Waals surface area contributed by atoms with Gasteiger partial charge < -0.3 is 10.8 Å². The van der Waals surface area contributed by atoms with Crippen LogP contribution in [-0.4, -0.2) is 35.0 Å². The summed E-state index contributed by atoms with van der Waals surface area (Å²) in [4.78, 5) is 25.7. The SMILES string of the molecule is CCC(C)(CO)CN1C(=O)c2cccc(N)c2C1=O. The summed E-state index contributed by atoms with van der Waals surface area (Å²) in [6, 6.07) is 4.88. The zero-order valence-electron chi connectivity index (χ0n) is 11.1. The van der Waals surface area contributed by atoms with E-state index in [1.54, 1.807) is 18.2 Å². The van der Waals surface area contributed by atoms with Crippen LogP contribution < -0.4 is 5.73 Å². The first-order chi connectivity index (χ1) is 8.93. The van der Waals surface area contributed by atoms with Gasteiger partial charge in [-0.15, -0.1) is 0 Å². The van der Waals surface area contributed by atoms with Crippen molar-refractivity contribution in [2.45, 2.75) is 20.3 Å². The predicted octanol–water partition coefficient (Wildman–Crippen LogP) is 1.27. The summed E-state index contributed by atoms with van der Waals surface area (Å²) in [6.45, 7) is 3.89. The van der Waals surface area contributed by atoms with E-state index in [1.807, 2.05) is 13.8 Å². The Hall–Kier alpha value is -1.88. The van der Waals surface area contributed by atoms with Crippen molar-refractivity contribution in [3.63, 3.8) is 0 Å². The maximum atomic E-state index is 12.3. The summed E-state index contributed by atoms with van der Waals surface area (Å²) in [5, 5.41) is 9.42. The van der Waals surface area contributed by atoms with E-state index >= 15 is 0 Å². The average Bonchev–Trinajstić information content (AvgIpc) is 2.65. The highest BCUT2D eigenvalue weighted by Crippen LogP contribution is 2.31. The molecule has 0 saturated carbocycles. The number of nitrogens with two attached hydrogens (primary N) is 1. The molecular weight excluding hydrogens is 244 g/mol. The summed E-state index contributed by atoms with van der Waals surface area (Å²) < 4.78 is 0. The first-order valence-electron chi connectivity index (χ1n) is 6.29. The van der Waals surface area contributed by atoms with Gasteiger partial charge >= 0.3 is 0 Å². The van der Waals surface area contributed by atoms with Crippen LogP contribution in [0.5, 0.6) is 0 Å². The number of amides is 2. The minimum Gasteiger partial charge on any atom is -0.398 e. The Morgan fingerprint density at radius 1 is 1.32 bits per heavy atom. The molecule has 1 atom stereocenters. The first kappa shape index (κ1) is 13.5. The molecule has 102 valence electrons. The number of hydrogen-bond donors (Lipinski definition) is 2. The first-order valence-corrected chi connectivity index (χ1v) is 6.29. The van der Waals surface area contributed by atoms with Crippen LogP contribution >= 0.6 is 0 Å². The smallest absolute Gasteiger partial charge is 0.263 e. The number of fused-ring (bicyclic) bond motifs is 1. The number of hydrogen-bond acceptors (Lipinski definition) is 4. The van der Waals surface area contributed by atoms with Crippen LogP contribution in [0.2, 0.25) is 0 Å². The maximum Gasteiger partial charge on any atom is 0.263 e. The Bertz CT molecular complexity index is 535. The molecule has 1 aliphatic rings. The molecule has 1 heterocycles. The molecule has 19 heavy (non-hydrogen) atoms. The van der Waals surface area contributed by atoms with Gasteiger partial charge in [-0.25, -0.2) is 0 Å². The normalized spacial score (nSPS) is 17.5. The van der Waals surface area contributed by atoms with E-state index < -0.39 is 5.41 Å². The summed E-state index contributed by atoms with van der Waals surface area (Å²) in [7, 11) is 0. The molecular formula is C14H18N2O3. The van der Waals surface area contributed by atoms with Crippen molar-refractivity contribution in [3.8, 4) is 0 Å². The van der Waals surface area contributed by atoms with Gasteiger partial charge in [-0.3, -0.25) is 14.5 Å². The molecule has 0 radical (unpaired) electrons. The van der Waals surface area contributed by atoms with Crippen LogP contribution in [0.15, 0.2) is 18.2 Å². The second-order valence-electron chi connectivity index (χ2n) is 5.29. The van der Waals surface area contributed by atoms with Crippen LogP contribution in [0.3, 0.4) is 0 Å². The predicted molar refractivity (Wildman–Crippen MR) is 71.7 cm³/mol. The monoisotopic (exact) mass is 262 g/mol. The lowest BCUT2D eigenvalue weighted by molar-refractivity contribution is 0.0492. The molecule has 0 spiro atoms. The van der Waals surface area contributed by atoms with E-state index in [9.17, 15) is 14.7 Å². The minimum atomic E-state index is -0.484. The molecule has 1 aliphatic heterocycles. The Morgan fingerprint density at radius 2 is 2.00 bits per heavy atom. The molecule has 0 bridgehead atoms. The fourth-order valence-corrected chi connectivity index (χ4v) is 2.16. The standard InChI is InChI=1S/C14H18N2O3/c1-3-14(2,8-17)7-16-12(18)9-5-4-6-10(15)11(9)13(16)19/h4-6,17H,3,7-8,15H2,1-2H3. The number of benzene rings is 1. The number of imide groups is 1. The molecule has 0 saturated heterocycles. The van der Waals surface area contributed by atoms with Crippen molar-refractivity contribution < 1.29 is 14.7 Å². The highest BCUT2D eigenvalue weighted by atomic mass is 16.3. The molecule has 0 fully saturated rings. The number of aliphatic hydroxyl groups excluding tert-OH is 1. The van der Waals surface area contributed by atoms with Gasteiger partial charge in [0.25, 0.3) is 11.8 Å². The van der Waals surface area contributed by atoms with Crippen molar-refractivity contribution >= 4 is 17.5 Å². The van der Waals surface area contributed by atoms with Crippen LogP contribution in [0.1, 0.15) is 41.0 Å². The summed E-state index contributed by atoms with van der Waals surface area (Å²) >= 11 is 0. The Labute approximate surface area is 112 Å².